The zero-order valence-electron chi connectivity index (χ0n) is 16.5. The van der Waals surface area contributed by atoms with Gasteiger partial charge in [-0.05, 0) is 80.7 Å². The first-order valence-electron chi connectivity index (χ1n) is 9.32. The monoisotopic (exact) mass is 484 g/mol. The van der Waals surface area contributed by atoms with Gasteiger partial charge in [-0.3, -0.25) is 10.1 Å². The quantitative estimate of drug-likeness (QED) is 0.410. The lowest BCUT2D eigenvalue weighted by atomic mass is 10.2. The molecule has 7 heteroatoms. The number of carbonyl (C=O) groups is 1. The second-order valence-electron chi connectivity index (χ2n) is 6.65. The van der Waals surface area contributed by atoms with Crippen molar-refractivity contribution >= 4 is 44.9 Å². The van der Waals surface area contributed by atoms with Crippen LogP contribution in [0.2, 0.25) is 0 Å². The molecule has 0 fully saturated rings. The highest BCUT2D eigenvalue weighted by atomic mass is 79.9. The van der Waals surface area contributed by atoms with Crippen LogP contribution in [0.1, 0.15) is 24.2 Å². The zero-order valence-corrected chi connectivity index (χ0v) is 18.9. The van der Waals surface area contributed by atoms with Crippen LogP contribution in [0.3, 0.4) is 0 Å². The van der Waals surface area contributed by atoms with Crippen molar-refractivity contribution in [2.45, 2.75) is 20.0 Å². The van der Waals surface area contributed by atoms with Crippen molar-refractivity contribution in [2.24, 2.45) is 0 Å². The molecule has 1 amide bonds. The van der Waals surface area contributed by atoms with Crippen LogP contribution in [0, 0.1) is 0 Å². The van der Waals surface area contributed by atoms with Gasteiger partial charge >= 0.3 is 0 Å². The number of thiocarbonyl (C=S) groups is 1. The number of carbonyl (C=O) groups excluding carboxylic acids is 1. The number of rotatable bonds is 6. The van der Waals surface area contributed by atoms with Crippen LogP contribution in [0.5, 0.6) is 17.2 Å². The van der Waals surface area contributed by atoms with Crippen molar-refractivity contribution < 1.29 is 14.3 Å². The van der Waals surface area contributed by atoms with Crippen molar-refractivity contribution in [1.29, 1.82) is 0 Å². The fraction of sp³-hybridized carbons (Fsp3) is 0.130. The fourth-order valence-corrected chi connectivity index (χ4v) is 3.17. The van der Waals surface area contributed by atoms with E-state index in [0.717, 1.165) is 15.9 Å². The van der Waals surface area contributed by atoms with Crippen LogP contribution >= 0.6 is 28.1 Å². The Labute approximate surface area is 189 Å². The SMILES string of the molecule is CC(C)Oc1ccc(Br)cc1C(=O)NC(=S)Nc1ccc(Oc2ccccc2)cc1. The summed E-state index contributed by atoms with van der Waals surface area (Å²) >= 11 is 8.67. The lowest BCUT2D eigenvalue weighted by molar-refractivity contribution is 0.0972. The number of nitrogens with one attached hydrogen (secondary N) is 2. The Morgan fingerprint density at radius 1 is 0.967 bits per heavy atom. The molecule has 0 spiro atoms. The Bertz CT molecular complexity index is 1020. The number of hydrogen-bond donors (Lipinski definition) is 2. The van der Waals surface area contributed by atoms with E-state index in [0.29, 0.717) is 17.1 Å². The molecule has 0 bridgehead atoms. The van der Waals surface area contributed by atoms with Crippen molar-refractivity contribution in [3.8, 4) is 17.2 Å². The molecule has 0 saturated carbocycles. The molecule has 2 N–H and O–H groups in total. The van der Waals surface area contributed by atoms with E-state index in [2.05, 4.69) is 26.6 Å². The van der Waals surface area contributed by atoms with E-state index in [1.54, 1.807) is 12.1 Å². The summed E-state index contributed by atoms with van der Waals surface area (Å²) in [5.41, 5.74) is 1.13. The van der Waals surface area contributed by atoms with Gasteiger partial charge in [0.25, 0.3) is 5.91 Å². The molecule has 0 aliphatic rings. The third-order valence-electron chi connectivity index (χ3n) is 3.87. The predicted molar refractivity (Wildman–Crippen MR) is 127 cm³/mol. The molecule has 0 saturated heterocycles. The lowest BCUT2D eigenvalue weighted by Gasteiger charge is -2.15. The third kappa shape index (κ3) is 6.30. The number of benzene rings is 3. The molecule has 0 atom stereocenters. The Morgan fingerprint density at radius 2 is 1.63 bits per heavy atom. The van der Waals surface area contributed by atoms with Crippen molar-refractivity contribution in [3.63, 3.8) is 0 Å². The average Bonchev–Trinajstić information content (AvgIpc) is 2.71. The maximum Gasteiger partial charge on any atom is 0.261 e. The molecule has 0 aliphatic carbocycles. The number of anilines is 1. The summed E-state index contributed by atoms with van der Waals surface area (Å²) in [6.45, 7) is 3.81. The molecule has 5 nitrogen and oxygen atoms in total. The van der Waals surface area contributed by atoms with Crippen LogP contribution in [0.15, 0.2) is 77.3 Å². The largest absolute Gasteiger partial charge is 0.490 e. The molecule has 0 aliphatic heterocycles. The summed E-state index contributed by atoms with van der Waals surface area (Å²) in [6, 6.07) is 22.1. The average molecular weight is 485 g/mol. The number of halogens is 1. The Hall–Kier alpha value is -2.90. The van der Waals surface area contributed by atoms with E-state index in [1.807, 2.05) is 74.5 Å². The highest BCUT2D eigenvalue weighted by molar-refractivity contribution is 9.10. The molecule has 0 heterocycles. The Kier molecular flexibility index (Phi) is 7.43. The third-order valence-corrected chi connectivity index (χ3v) is 4.56. The summed E-state index contributed by atoms with van der Waals surface area (Å²) in [4.78, 5) is 12.7. The standard InChI is InChI=1S/C23H21BrN2O3S/c1-15(2)28-21-13-8-16(24)14-20(21)22(27)26-23(30)25-17-9-11-19(12-10-17)29-18-6-4-3-5-7-18/h3-15H,1-2H3,(H2,25,26,27,30). The minimum Gasteiger partial charge on any atom is -0.490 e. The molecule has 3 aromatic carbocycles. The molecule has 3 rings (SSSR count). The maximum atomic E-state index is 12.7. The molecule has 30 heavy (non-hydrogen) atoms. The van der Waals surface area contributed by atoms with Gasteiger partial charge in [0.15, 0.2) is 5.11 Å². The smallest absolute Gasteiger partial charge is 0.261 e. The molecule has 3 aromatic rings. The topological polar surface area (TPSA) is 59.6 Å². The molecular formula is C23H21BrN2O3S. The van der Waals surface area contributed by atoms with Crippen molar-refractivity contribution in [2.75, 3.05) is 5.32 Å². The van der Waals surface area contributed by atoms with Crippen molar-refractivity contribution in [3.05, 3.63) is 82.8 Å². The highest BCUT2D eigenvalue weighted by Crippen LogP contribution is 2.25. The summed E-state index contributed by atoms with van der Waals surface area (Å²) in [7, 11) is 0. The van der Waals surface area contributed by atoms with Gasteiger partial charge in [-0.15, -0.1) is 0 Å². The Balaban J connectivity index is 1.61. The predicted octanol–water partition coefficient (Wildman–Crippen LogP) is 6.16. The minimum atomic E-state index is -0.353. The van der Waals surface area contributed by atoms with E-state index in [9.17, 15) is 4.79 Å². The van der Waals surface area contributed by atoms with Crippen LogP contribution in [-0.4, -0.2) is 17.1 Å². The van der Waals surface area contributed by atoms with E-state index in [4.69, 9.17) is 21.7 Å². The second-order valence-corrected chi connectivity index (χ2v) is 7.98. The normalized spacial score (nSPS) is 10.4. The van der Waals surface area contributed by atoms with Gasteiger partial charge in [0.2, 0.25) is 0 Å². The number of hydrogen-bond acceptors (Lipinski definition) is 4. The van der Waals surface area contributed by atoms with Gasteiger partial charge in [0, 0.05) is 10.2 Å². The van der Waals surface area contributed by atoms with E-state index in [1.165, 1.54) is 0 Å². The van der Waals surface area contributed by atoms with Crippen molar-refractivity contribution in [1.82, 2.24) is 5.32 Å². The highest BCUT2D eigenvalue weighted by Gasteiger charge is 2.16. The van der Waals surface area contributed by atoms with Gasteiger partial charge in [0.1, 0.15) is 17.2 Å². The fourth-order valence-electron chi connectivity index (χ4n) is 2.60. The first-order chi connectivity index (χ1) is 14.4. The van der Waals surface area contributed by atoms with Crippen LogP contribution in [-0.2, 0) is 0 Å². The number of para-hydroxylation sites is 1. The first-order valence-corrected chi connectivity index (χ1v) is 10.5. The van der Waals surface area contributed by atoms with Gasteiger partial charge < -0.3 is 14.8 Å². The van der Waals surface area contributed by atoms with E-state index < -0.39 is 0 Å². The molecule has 0 unspecified atom stereocenters. The van der Waals surface area contributed by atoms with Crippen LogP contribution in [0.4, 0.5) is 5.69 Å². The van der Waals surface area contributed by atoms with Gasteiger partial charge in [0.05, 0.1) is 11.7 Å². The lowest BCUT2D eigenvalue weighted by Crippen LogP contribution is -2.34. The summed E-state index contributed by atoms with van der Waals surface area (Å²) < 4.78 is 12.3. The van der Waals surface area contributed by atoms with Gasteiger partial charge in [-0.2, -0.15) is 0 Å². The molecular weight excluding hydrogens is 464 g/mol. The van der Waals surface area contributed by atoms with E-state index in [-0.39, 0.29) is 17.1 Å². The van der Waals surface area contributed by atoms with Crippen LogP contribution in [0.25, 0.3) is 0 Å². The van der Waals surface area contributed by atoms with Crippen LogP contribution < -0.4 is 20.1 Å². The van der Waals surface area contributed by atoms with Gasteiger partial charge in [-0.1, -0.05) is 34.1 Å². The Morgan fingerprint density at radius 3 is 2.30 bits per heavy atom. The molecule has 0 aromatic heterocycles. The minimum absolute atomic E-state index is 0.0561. The zero-order chi connectivity index (χ0) is 21.5. The molecule has 0 radical (unpaired) electrons. The summed E-state index contributed by atoms with van der Waals surface area (Å²) in [5, 5.41) is 5.88. The summed E-state index contributed by atoms with van der Waals surface area (Å²) in [5.74, 6) is 1.60. The first kappa shape index (κ1) is 21.8. The van der Waals surface area contributed by atoms with E-state index >= 15 is 0 Å². The van der Waals surface area contributed by atoms with Gasteiger partial charge in [-0.25, -0.2) is 0 Å². The second kappa shape index (κ2) is 10.2. The number of ether oxygens (including phenoxy) is 2. The molecule has 154 valence electrons. The summed E-state index contributed by atoms with van der Waals surface area (Å²) in [6.07, 6.45) is -0.0561. The maximum absolute atomic E-state index is 12.7. The number of amides is 1.